The Morgan fingerprint density at radius 1 is 1.44 bits per heavy atom. The lowest BCUT2D eigenvalue weighted by Gasteiger charge is -2.41. The molecule has 0 bridgehead atoms. The van der Waals surface area contributed by atoms with Gasteiger partial charge in [0.25, 0.3) is 0 Å². The van der Waals surface area contributed by atoms with Gasteiger partial charge in [-0.25, -0.2) is 0 Å². The quantitative estimate of drug-likeness (QED) is 0.770. The molecule has 0 saturated carbocycles. The number of aldehydes is 1. The number of carbonyl (C=O) groups excluding carboxylic acids is 1. The van der Waals surface area contributed by atoms with Crippen LogP contribution in [0.5, 0.6) is 0 Å². The third kappa shape index (κ3) is 2.31. The standard InChI is InChI=1S/C13H18N2O/c1-13(11-16)10-14-7-8-15(13)9-12-5-3-2-4-6-12/h2-6,11,14H,7-10H2,1H3. The number of rotatable bonds is 3. The van der Waals surface area contributed by atoms with Gasteiger partial charge in [-0.3, -0.25) is 4.90 Å². The highest BCUT2D eigenvalue weighted by atomic mass is 16.1. The molecule has 0 spiro atoms. The molecule has 3 heteroatoms. The Morgan fingerprint density at radius 3 is 2.88 bits per heavy atom. The molecule has 0 radical (unpaired) electrons. The highest BCUT2D eigenvalue weighted by Crippen LogP contribution is 2.17. The normalized spacial score (nSPS) is 26.6. The van der Waals surface area contributed by atoms with Crippen LogP contribution in [-0.4, -0.2) is 36.4 Å². The van der Waals surface area contributed by atoms with Gasteiger partial charge in [0.05, 0.1) is 5.54 Å². The molecule has 1 atom stereocenters. The fraction of sp³-hybridized carbons (Fsp3) is 0.462. The Hall–Kier alpha value is -1.19. The van der Waals surface area contributed by atoms with Crippen LogP contribution in [0.4, 0.5) is 0 Å². The zero-order valence-corrected chi connectivity index (χ0v) is 9.65. The van der Waals surface area contributed by atoms with Crippen LogP contribution in [-0.2, 0) is 11.3 Å². The van der Waals surface area contributed by atoms with Crippen LogP contribution in [0.2, 0.25) is 0 Å². The van der Waals surface area contributed by atoms with E-state index in [1.165, 1.54) is 5.56 Å². The fourth-order valence-electron chi connectivity index (χ4n) is 2.10. The molecule has 0 aliphatic carbocycles. The van der Waals surface area contributed by atoms with Crippen LogP contribution in [0.1, 0.15) is 12.5 Å². The fourth-order valence-corrected chi connectivity index (χ4v) is 2.10. The highest BCUT2D eigenvalue weighted by Gasteiger charge is 2.33. The average molecular weight is 218 g/mol. The van der Waals surface area contributed by atoms with E-state index < -0.39 is 0 Å². The Morgan fingerprint density at radius 2 is 2.19 bits per heavy atom. The van der Waals surface area contributed by atoms with Gasteiger partial charge in [-0.1, -0.05) is 30.3 Å². The first-order chi connectivity index (χ1) is 7.74. The Balaban J connectivity index is 2.10. The van der Waals surface area contributed by atoms with Gasteiger partial charge < -0.3 is 10.1 Å². The first-order valence-corrected chi connectivity index (χ1v) is 5.71. The minimum Gasteiger partial charge on any atom is -0.313 e. The van der Waals surface area contributed by atoms with Gasteiger partial charge in [0, 0.05) is 26.2 Å². The number of hydrogen-bond acceptors (Lipinski definition) is 3. The molecule has 1 N–H and O–H groups in total. The summed E-state index contributed by atoms with van der Waals surface area (Å²) < 4.78 is 0. The van der Waals surface area contributed by atoms with E-state index in [0.29, 0.717) is 0 Å². The summed E-state index contributed by atoms with van der Waals surface area (Å²) in [6.07, 6.45) is 1.06. The Kier molecular flexibility index (Phi) is 3.36. The largest absolute Gasteiger partial charge is 0.313 e. The molecule has 1 aromatic carbocycles. The van der Waals surface area contributed by atoms with Gasteiger partial charge in [-0.2, -0.15) is 0 Å². The molecule has 3 nitrogen and oxygen atoms in total. The third-order valence-corrected chi connectivity index (χ3v) is 3.23. The summed E-state index contributed by atoms with van der Waals surface area (Å²) in [5, 5.41) is 3.27. The zero-order valence-electron chi connectivity index (χ0n) is 9.65. The van der Waals surface area contributed by atoms with Crippen molar-refractivity contribution < 1.29 is 4.79 Å². The molecule has 1 fully saturated rings. The molecule has 1 aromatic rings. The van der Waals surface area contributed by atoms with Gasteiger partial charge in [0.1, 0.15) is 6.29 Å². The summed E-state index contributed by atoms with van der Waals surface area (Å²) in [7, 11) is 0. The molecule has 1 unspecified atom stereocenters. The number of carbonyl (C=O) groups is 1. The van der Waals surface area contributed by atoms with Crippen molar-refractivity contribution in [3.05, 3.63) is 35.9 Å². The van der Waals surface area contributed by atoms with E-state index in [4.69, 9.17) is 0 Å². The molecule has 1 aliphatic rings. The third-order valence-electron chi connectivity index (χ3n) is 3.23. The molecule has 16 heavy (non-hydrogen) atoms. The average Bonchev–Trinajstić information content (AvgIpc) is 2.34. The van der Waals surface area contributed by atoms with Gasteiger partial charge in [0.15, 0.2) is 0 Å². The van der Waals surface area contributed by atoms with Crippen molar-refractivity contribution in [3.63, 3.8) is 0 Å². The minimum absolute atomic E-state index is 0.367. The number of benzene rings is 1. The molecule has 1 heterocycles. The summed E-state index contributed by atoms with van der Waals surface area (Å²) in [4.78, 5) is 13.4. The van der Waals surface area contributed by atoms with Crippen LogP contribution in [0.3, 0.4) is 0 Å². The number of piperazine rings is 1. The Labute approximate surface area is 96.5 Å². The van der Waals surface area contributed by atoms with E-state index in [1.807, 2.05) is 25.1 Å². The molecule has 1 aliphatic heterocycles. The predicted molar refractivity (Wildman–Crippen MR) is 64.2 cm³/mol. The van der Waals surface area contributed by atoms with Crippen LogP contribution in [0, 0.1) is 0 Å². The zero-order chi connectivity index (χ0) is 11.4. The summed E-state index contributed by atoms with van der Waals surface area (Å²) in [6, 6.07) is 10.3. The molecular weight excluding hydrogens is 200 g/mol. The number of nitrogens with one attached hydrogen (secondary N) is 1. The van der Waals surface area contributed by atoms with E-state index >= 15 is 0 Å². The van der Waals surface area contributed by atoms with Gasteiger partial charge in [-0.15, -0.1) is 0 Å². The van der Waals surface area contributed by atoms with E-state index in [0.717, 1.165) is 32.5 Å². The Bertz CT molecular complexity index is 352. The number of hydrogen-bond donors (Lipinski definition) is 1. The molecule has 0 aromatic heterocycles. The monoisotopic (exact) mass is 218 g/mol. The summed E-state index contributed by atoms with van der Waals surface area (Å²) >= 11 is 0. The summed E-state index contributed by atoms with van der Waals surface area (Å²) in [6.45, 7) is 5.45. The van der Waals surface area contributed by atoms with Crippen LogP contribution < -0.4 is 5.32 Å². The van der Waals surface area contributed by atoms with Crippen molar-refractivity contribution >= 4 is 6.29 Å². The maximum atomic E-state index is 11.2. The van der Waals surface area contributed by atoms with E-state index in [1.54, 1.807) is 0 Å². The van der Waals surface area contributed by atoms with Gasteiger partial charge >= 0.3 is 0 Å². The summed E-state index contributed by atoms with van der Waals surface area (Å²) in [5.41, 5.74) is 0.895. The topological polar surface area (TPSA) is 32.3 Å². The molecule has 2 rings (SSSR count). The maximum absolute atomic E-state index is 11.2. The predicted octanol–water partition coefficient (Wildman–Crippen LogP) is 1.05. The highest BCUT2D eigenvalue weighted by molar-refractivity contribution is 5.64. The second kappa shape index (κ2) is 4.76. The van der Waals surface area contributed by atoms with Crippen LogP contribution >= 0.6 is 0 Å². The van der Waals surface area contributed by atoms with Crippen molar-refractivity contribution in [1.82, 2.24) is 10.2 Å². The number of nitrogens with zero attached hydrogens (tertiary/aromatic N) is 1. The first kappa shape index (κ1) is 11.3. The van der Waals surface area contributed by atoms with E-state index in [-0.39, 0.29) is 5.54 Å². The second-order valence-corrected chi connectivity index (χ2v) is 4.56. The summed E-state index contributed by atoms with van der Waals surface area (Å²) in [5.74, 6) is 0. The van der Waals surface area contributed by atoms with Crippen molar-refractivity contribution in [3.8, 4) is 0 Å². The SMILES string of the molecule is CC1(C=O)CNCCN1Cc1ccccc1. The van der Waals surface area contributed by atoms with Crippen molar-refractivity contribution in [2.24, 2.45) is 0 Å². The van der Waals surface area contributed by atoms with Gasteiger partial charge in [0.2, 0.25) is 0 Å². The molecule has 86 valence electrons. The van der Waals surface area contributed by atoms with E-state index in [9.17, 15) is 4.79 Å². The van der Waals surface area contributed by atoms with Crippen LogP contribution in [0.25, 0.3) is 0 Å². The second-order valence-electron chi connectivity index (χ2n) is 4.56. The maximum Gasteiger partial charge on any atom is 0.141 e. The molecular formula is C13H18N2O. The van der Waals surface area contributed by atoms with Gasteiger partial charge in [-0.05, 0) is 12.5 Å². The van der Waals surface area contributed by atoms with Crippen molar-refractivity contribution in [1.29, 1.82) is 0 Å². The van der Waals surface area contributed by atoms with Crippen LogP contribution in [0.15, 0.2) is 30.3 Å². The molecule has 0 amide bonds. The van der Waals surface area contributed by atoms with Crippen molar-refractivity contribution in [2.45, 2.75) is 19.0 Å². The first-order valence-electron chi connectivity index (χ1n) is 5.71. The van der Waals surface area contributed by atoms with E-state index in [2.05, 4.69) is 22.3 Å². The molecule has 1 saturated heterocycles. The lowest BCUT2D eigenvalue weighted by Crippen LogP contribution is -2.60. The lowest BCUT2D eigenvalue weighted by atomic mass is 9.98. The van der Waals surface area contributed by atoms with Crippen molar-refractivity contribution in [2.75, 3.05) is 19.6 Å². The minimum atomic E-state index is -0.367. The lowest BCUT2D eigenvalue weighted by molar-refractivity contribution is -0.119. The smallest absolute Gasteiger partial charge is 0.141 e.